The van der Waals surface area contributed by atoms with Gasteiger partial charge in [0.1, 0.15) is 12.4 Å². The van der Waals surface area contributed by atoms with Crippen LogP contribution < -0.4 is 9.92 Å². The Morgan fingerprint density at radius 1 is 0.808 bits per heavy atom. The summed E-state index contributed by atoms with van der Waals surface area (Å²) in [5, 5.41) is 0.851. The van der Waals surface area contributed by atoms with Crippen molar-refractivity contribution in [3.8, 4) is 5.75 Å². The predicted octanol–water partition coefficient (Wildman–Crippen LogP) is 3.80. The molecule has 142 valence electrons. The molecule has 0 aliphatic carbocycles. The summed E-state index contributed by atoms with van der Waals surface area (Å²) >= 11 is 0. The second-order valence-corrected chi connectivity index (χ2v) is 7.97. The fraction of sp³-hybridized carbons (Fsp3) is 0.368. The summed E-state index contributed by atoms with van der Waals surface area (Å²) in [6, 6.07) is 10.5. The van der Waals surface area contributed by atoms with E-state index in [-0.39, 0.29) is 12.4 Å². The highest BCUT2D eigenvalue weighted by Crippen LogP contribution is 2.19. The van der Waals surface area contributed by atoms with Crippen LogP contribution in [0, 0.1) is 11.6 Å². The summed E-state index contributed by atoms with van der Waals surface area (Å²) in [5.41, 5.74) is 0.810. The molecular formula is C19H24F2O4Si. The van der Waals surface area contributed by atoms with E-state index >= 15 is 0 Å². The summed E-state index contributed by atoms with van der Waals surface area (Å²) in [6.45, 7) is 7.26. The summed E-state index contributed by atoms with van der Waals surface area (Å²) in [6.07, 6.45) is 0. The van der Waals surface area contributed by atoms with Crippen LogP contribution in [0.25, 0.3) is 0 Å². The highest BCUT2D eigenvalue weighted by Gasteiger charge is 2.43. The highest BCUT2D eigenvalue weighted by atomic mass is 28.4. The molecule has 0 fully saturated rings. The molecule has 0 spiro atoms. The van der Waals surface area contributed by atoms with Gasteiger partial charge in [-0.05, 0) is 38.5 Å². The molecule has 0 aliphatic rings. The van der Waals surface area contributed by atoms with Gasteiger partial charge in [-0.15, -0.1) is 0 Å². The van der Waals surface area contributed by atoms with E-state index < -0.39 is 20.4 Å². The van der Waals surface area contributed by atoms with Gasteiger partial charge in [-0.3, -0.25) is 0 Å². The molecule has 0 aliphatic heterocycles. The monoisotopic (exact) mass is 382 g/mol. The van der Waals surface area contributed by atoms with Crippen molar-refractivity contribution in [1.29, 1.82) is 0 Å². The smallest absolute Gasteiger partial charge is 0.486 e. The van der Waals surface area contributed by atoms with Gasteiger partial charge in [0.25, 0.3) is 0 Å². The lowest BCUT2D eigenvalue weighted by atomic mass is 10.2. The maximum absolute atomic E-state index is 13.6. The third-order valence-electron chi connectivity index (χ3n) is 3.60. The molecule has 0 amide bonds. The van der Waals surface area contributed by atoms with Gasteiger partial charge in [-0.2, -0.15) is 0 Å². The molecule has 0 unspecified atom stereocenters. The Balaban J connectivity index is 2.13. The Morgan fingerprint density at radius 3 is 1.92 bits per heavy atom. The number of halogens is 2. The van der Waals surface area contributed by atoms with Crippen LogP contribution in [0.15, 0.2) is 42.5 Å². The highest BCUT2D eigenvalue weighted by molar-refractivity contribution is 6.75. The SMILES string of the molecule is CCO[Si](OCC)(OCC)c1ccc(COc2cc(F)ccc2F)cc1. The van der Waals surface area contributed by atoms with Gasteiger partial charge in [0.05, 0.1) is 0 Å². The van der Waals surface area contributed by atoms with Gasteiger partial charge in [-0.1, -0.05) is 24.3 Å². The molecule has 7 heteroatoms. The summed E-state index contributed by atoms with van der Waals surface area (Å²) in [7, 11) is -2.95. The van der Waals surface area contributed by atoms with Crippen molar-refractivity contribution in [2.75, 3.05) is 19.8 Å². The van der Waals surface area contributed by atoms with E-state index in [1.54, 1.807) is 0 Å². The molecule has 0 saturated heterocycles. The minimum Gasteiger partial charge on any atom is -0.486 e. The zero-order chi connectivity index (χ0) is 19.0. The number of benzene rings is 2. The van der Waals surface area contributed by atoms with Crippen LogP contribution in [0.5, 0.6) is 5.75 Å². The number of ether oxygens (including phenoxy) is 1. The van der Waals surface area contributed by atoms with Crippen LogP contribution in [-0.2, 0) is 19.9 Å². The van der Waals surface area contributed by atoms with Crippen molar-refractivity contribution < 1.29 is 26.8 Å². The number of hydrogen-bond acceptors (Lipinski definition) is 4. The van der Waals surface area contributed by atoms with Crippen molar-refractivity contribution in [2.24, 2.45) is 0 Å². The van der Waals surface area contributed by atoms with Crippen molar-refractivity contribution in [3.05, 3.63) is 59.7 Å². The zero-order valence-electron chi connectivity index (χ0n) is 15.3. The molecule has 0 aromatic heterocycles. The van der Waals surface area contributed by atoms with Gasteiger partial charge < -0.3 is 18.0 Å². The van der Waals surface area contributed by atoms with Gasteiger partial charge >= 0.3 is 8.80 Å². The van der Waals surface area contributed by atoms with Gasteiger partial charge in [0.2, 0.25) is 0 Å². The quantitative estimate of drug-likeness (QED) is 0.586. The molecule has 0 N–H and O–H groups in total. The fourth-order valence-corrected chi connectivity index (χ4v) is 4.96. The van der Waals surface area contributed by atoms with E-state index in [2.05, 4.69) is 0 Å². The van der Waals surface area contributed by atoms with E-state index in [0.717, 1.165) is 28.9 Å². The van der Waals surface area contributed by atoms with E-state index in [4.69, 9.17) is 18.0 Å². The molecule has 2 rings (SSSR count). The van der Waals surface area contributed by atoms with Crippen LogP contribution in [0.1, 0.15) is 26.3 Å². The molecule has 2 aromatic carbocycles. The van der Waals surface area contributed by atoms with Gasteiger partial charge in [0, 0.05) is 31.1 Å². The fourth-order valence-electron chi connectivity index (χ4n) is 2.50. The Labute approximate surface area is 154 Å². The van der Waals surface area contributed by atoms with Gasteiger partial charge in [0.15, 0.2) is 11.6 Å². The maximum atomic E-state index is 13.6. The van der Waals surface area contributed by atoms with E-state index in [0.29, 0.717) is 19.8 Å². The Morgan fingerprint density at radius 2 is 1.38 bits per heavy atom. The second-order valence-electron chi connectivity index (χ2n) is 5.42. The van der Waals surface area contributed by atoms with E-state index in [1.807, 2.05) is 45.0 Å². The Hall–Kier alpha value is -1.80. The largest absolute Gasteiger partial charge is 0.537 e. The predicted molar refractivity (Wildman–Crippen MR) is 97.4 cm³/mol. The minimum atomic E-state index is -2.95. The molecule has 0 saturated carbocycles. The molecule has 0 bridgehead atoms. The molecule has 26 heavy (non-hydrogen) atoms. The molecule has 0 heterocycles. The third-order valence-corrected chi connectivity index (χ3v) is 6.64. The van der Waals surface area contributed by atoms with Gasteiger partial charge in [-0.25, -0.2) is 8.78 Å². The zero-order valence-corrected chi connectivity index (χ0v) is 16.3. The van der Waals surface area contributed by atoms with Crippen LogP contribution in [-0.4, -0.2) is 28.6 Å². The molecular weight excluding hydrogens is 358 g/mol. The normalized spacial score (nSPS) is 11.6. The first kappa shape index (κ1) is 20.5. The number of rotatable bonds is 10. The van der Waals surface area contributed by atoms with Crippen molar-refractivity contribution in [2.45, 2.75) is 27.4 Å². The van der Waals surface area contributed by atoms with Crippen LogP contribution >= 0.6 is 0 Å². The second kappa shape index (κ2) is 9.77. The van der Waals surface area contributed by atoms with Crippen LogP contribution in [0.4, 0.5) is 8.78 Å². The first-order valence-electron chi connectivity index (χ1n) is 8.63. The lowest BCUT2D eigenvalue weighted by Crippen LogP contribution is -2.56. The molecule has 0 radical (unpaired) electrons. The number of hydrogen-bond donors (Lipinski definition) is 0. The Kier molecular flexibility index (Phi) is 7.71. The maximum Gasteiger partial charge on any atom is 0.537 e. The van der Waals surface area contributed by atoms with Crippen LogP contribution in [0.3, 0.4) is 0 Å². The standard InChI is InChI=1S/C19H24F2O4Si/c1-4-23-26(24-5-2,25-6-3)17-10-7-15(8-11-17)14-22-19-13-16(20)9-12-18(19)21/h7-13H,4-6,14H2,1-3H3. The lowest BCUT2D eigenvalue weighted by molar-refractivity contribution is 0.0859. The topological polar surface area (TPSA) is 36.9 Å². The van der Waals surface area contributed by atoms with Crippen LogP contribution in [0.2, 0.25) is 0 Å². The van der Waals surface area contributed by atoms with Crippen molar-refractivity contribution in [1.82, 2.24) is 0 Å². The molecule has 4 nitrogen and oxygen atoms in total. The minimum absolute atomic E-state index is 0.115. The average molecular weight is 382 g/mol. The summed E-state index contributed by atoms with van der Waals surface area (Å²) < 4.78 is 49.8. The summed E-state index contributed by atoms with van der Waals surface area (Å²) in [5.74, 6) is -1.26. The lowest BCUT2D eigenvalue weighted by Gasteiger charge is -2.28. The first-order chi connectivity index (χ1) is 12.5. The molecule has 0 atom stereocenters. The van der Waals surface area contributed by atoms with Crippen molar-refractivity contribution in [3.63, 3.8) is 0 Å². The molecule has 2 aromatic rings. The average Bonchev–Trinajstić information content (AvgIpc) is 2.63. The Bertz CT molecular complexity index is 677. The summed E-state index contributed by atoms with van der Waals surface area (Å²) in [4.78, 5) is 0. The first-order valence-corrected chi connectivity index (χ1v) is 10.4. The van der Waals surface area contributed by atoms with Crippen molar-refractivity contribution >= 4 is 14.0 Å². The van der Waals surface area contributed by atoms with E-state index in [9.17, 15) is 8.78 Å². The third kappa shape index (κ3) is 5.11. The van der Waals surface area contributed by atoms with E-state index in [1.165, 1.54) is 0 Å².